The molecule has 0 saturated heterocycles. The Hall–Kier alpha value is -3.76. The Balaban J connectivity index is 1.42. The van der Waals surface area contributed by atoms with Crippen LogP contribution in [0, 0.1) is 6.92 Å². The molecule has 0 radical (unpaired) electrons. The summed E-state index contributed by atoms with van der Waals surface area (Å²) in [6.07, 6.45) is -0.679. The lowest BCUT2D eigenvalue weighted by molar-refractivity contribution is -0.137. The number of nitrogens with zero attached hydrogens (tertiary/aromatic N) is 2. The molecule has 2 aromatic carbocycles. The minimum atomic E-state index is -1.13. The lowest BCUT2D eigenvalue weighted by atomic mass is 9.98. The summed E-state index contributed by atoms with van der Waals surface area (Å²) in [6.45, 7) is 1.63. The zero-order valence-corrected chi connectivity index (χ0v) is 20.1. The highest BCUT2D eigenvalue weighted by molar-refractivity contribution is 7.17. The molecule has 1 aliphatic rings. The average molecular weight is 496 g/mol. The molecule has 0 saturated carbocycles. The number of carbonyl (C=O) groups is 3. The standard InChI is InChI=1S/C25H25N3O6S/c1-15-22(23(31)28(11-12-33-2)13-21(29)30)35-24(26-15)27-25(32)34-14-20-18-9-5-3-7-16(18)17-8-4-6-10-19(17)20/h3-10,20H,11-14H2,1-2H3,(H,29,30)(H,26,27,32). The second-order valence-electron chi connectivity index (χ2n) is 8.00. The molecule has 1 heterocycles. The van der Waals surface area contributed by atoms with Gasteiger partial charge in [0.1, 0.15) is 18.0 Å². The third-order valence-corrected chi connectivity index (χ3v) is 6.78. The number of carboxylic acids is 1. The van der Waals surface area contributed by atoms with Gasteiger partial charge >= 0.3 is 12.1 Å². The molecular weight excluding hydrogens is 470 g/mol. The van der Waals surface area contributed by atoms with Gasteiger partial charge in [0.2, 0.25) is 0 Å². The van der Waals surface area contributed by atoms with Gasteiger partial charge in [0.15, 0.2) is 5.13 Å². The Morgan fingerprint density at radius 2 is 1.71 bits per heavy atom. The number of amides is 2. The summed E-state index contributed by atoms with van der Waals surface area (Å²) < 4.78 is 10.5. The van der Waals surface area contributed by atoms with Crippen LogP contribution in [0.15, 0.2) is 48.5 Å². The molecule has 0 unspecified atom stereocenters. The number of methoxy groups -OCH3 is 1. The third-order valence-electron chi connectivity index (χ3n) is 5.72. The largest absolute Gasteiger partial charge is 0.480 e. The Morgan fingerprint density at radius 1 is 1.09 bits per heavy atom. The second kappa shape index (κ2) is 10.7. The molecule has 0 bridgehead atoms. The number of anilines is 1. The van der Waals surface area contributed by atoms with Crippen LogP contribution in [0.25, 0.3) is 11.1 Å². The van der Waals surface area contributed by atoms with Gasteiger partial charge in [0, 0.05) is 19.6 Å². The molecule has 1 aliphatic carbocycles. The van der Waals surface area contributed by atoms with Crippen LogP contribution < -0.4 is 5.32 Å². The predicted octanol–water partition coefficient (Wildman–Crippen LogP) is 3.99. The molecule has 4 rings (SSSR count). The minimum Gasteiger partial charge on any atom is -0.480 e. The van der Waals surface area contributed by atoms with Crippen molar-refractivity contribution < 1.29 is 29.0 Å². The first kappa shape index (κ1) is 24.4. The van der Waals surface area contributed by atoms with Gasteiger partial charge in [0.25, 0.3) is 5.91 Å². The van der Waals surface area contributed by atoms with Crippen molar-refractivity contribution in [3.05, 3.63) is 70.2 Å². The van der Waals surface area contributed by atoms with Crippen LogP contribution in [0.2, 0.25) is 0 Å². The van der Waals surface area contributed by atoms with Crippen molar-refractivity contribution in [2.75, 3.05) is 38.7 Å². The van der Waals surface area contributed by atoms with E-state index in [0.29, 0.717) is 5.69 Å². The number of aliphatic carboxylic acids is 1. The van der Waals surface area contributed by atoms with Gasteiger partial charge in [-0.05, 0) is 29.2 Å². The van der Waals surface area contributed by atoms with Crippen molar-refractivity contribution in [3.8, 4) is 11.1 Å². The smallest absolute Gasteiger partial charge is 0.413 e. The first-order chi connectivity index (χ1) is 16.9. The number of benzene rings is 2. The van der Waals surface area contributed by atoms with E-state index in [1.165, 1.54) is 12.0 Å². The molecule has 3 aromatic rings. The molecule has 0 fully saturated rings. The van der Waals surface area contributed by atoms with Gasteiger partial charge in [-0.2, -0.15) is 0 Å². The molecule has 0 atom stereocenters. The van der Waals surface area contributed by atoms with Crippen LogP contribution in [0.4, 0.5) is 9.93 Å². The van der Waals surface area contributed by atoms with Crippen molar-refractivity contribution in [1.82, 2.24) is 9.88 Å². The Morgan fingerprint density at radius 3 is 2.31 bits per heavy atom. The minimum absolute atomic E-state index is 0.0753. The monoisotopic (exact) mass is 495 g/mol. The maximum absolute atomic E-state index is 12.9. The summed E-state index contributed by atoms with van der Waals surface area (Å²) in [7, 11) is 1.47. The molecule has 0 aliphatic heterocycles. The van der Waals surface area contributed by atoms with E-state index in [1.54, 1.807) is 6.92 Å². The summed E-state index contributed by atoms with van der Waals surface area (Å²) in [6, 6.07) is 16.1. The fourth-order valence-electron chi connectivity index (χ4n) is 4.13. The van der Waals surface area contributed by atoms with E-state index in [1.807, 2.05) is 36.4 Å². The Labute approximate surface area is 206 Å². The van der Waals surface area contributed by atoms with Crippen molar-refractivity contribution in [1.29, 1.82) is 0 Å². The maximum atomic E-state index is 12.9. The van der Waals surface area contributed by atoms with Crippen LogP contribution in [0.3, 0.4) is 0 Å². The van der Waals surface area contributed by atoms with Gasteiger partial charge in [-0.1, -0.05) is 59.9 Å². The molecule has 2 N–H and O–H groups in total. The van der Waals surface area contributed by atoms with Gasteiger partial charge < -0.3 is 19.5 Å². The number of aryl methyl sites for hydroxylation is 1. The lowest BCUT2D eigenvalue weighted by Crippen LogP contribution is -2.37. The van der Waals surface area contributed by atoms with Crippen LogP contribution in [-0.2, 0) is 14.3 Å². The quantitative estimate of drug-likeness (QED) is 0.461. The third kappa shape index (κ3) is 5.33. The second-order valence-corrected chi connectivity index (χ2v) is 9.00. The molecule has 35 heavy (non-hydrogen) atoms. The van der Waals surface area contributed by atoms with E-state index in [2.05, 4.69) is 22.4 Å². The van der Waals surface area contributed by atoms with Crippen LogP contribution in [0.5, 0.6) is 0 Å². The number of carbonyl (C=O) groups excluding carboxylic acids is 2. The first-order valence-corrected chi connectivity index (χ1v) is 11.8. The molecule has 1 aromatic heterocycles. The molecule has 2 amide bonds. The van der Waals surface area contributed by atoms with Crippen LogP contribution >= 0.6 is 11.3 Å². The van der Waals surface area contributed by atoms with E-state index in [0.717, 1.165) is 33.6 Å². The summed E-state index contributed by atoms with van der Waals surface area (Å²) in [5, 5.41) is 11.9. The number of nitrogens with one attached hydrogen (secondary N) is 1. The van der Waals surface area contributed by atoms with E-state index in [9.17, 15) is 14.4 Å². The maximum Gasteiger partial charge on any atom is 0.413 e. The number of ether oxygens (including phenoxy) is 2. The number of fused-ring (bicyclic) bond motifs is 3. The fraction of sp³-hybridized carbons (Fsp3) is 0.280. The zero-order chi connectivity index (χ0) is 24.9. The van der Waals surface area contributed by atoms with Crippen molar-refractivity contribution in [3.63, 3.8) is 0 Å². The predicted molar refractivity (Wildman–Crippen MR) is 131 cm³/mol. The number of rotatable bonds is 9. The van der Waals surface area contributed by atoms with Gasteiger partial charge in [-0.3, -0.25) is 14.9 Å². The summed E-state index contributed by atoms with van der Waals surface area (Å²) in [4.78, 5) is 42.2. The fourth-order valence-corrected chi connectivity index (χ4v) is 5.05. The number of aromatic nitrogens is 1. The Bertz CT molecular complexity index is 1210. The summed E-state index contributed by atoms with van der Waals surface area (Å²) >= 11 is 0.972. The van der Waals surface area contributed by atoms with Crippen molar-refractivity contribution >= 4 is 34.4 Å². The number of thiazole rings is 1. The number of hydrogen-bond acceptors (Lipinski definition) is 7. The Kier molecular flexibility index (Phi) is 7.42. The highest BCUT2D eigenvalue weighted by Crippen LogP contribution is 2.44. The lowest BCUT2D eigenvalue weighted by Gasteiger charge is -2.19. The van der Waals surface area contributed by atoms with Gasteiger partial charge in [0.05, 0.1) is 12.3 Å². The van der Waals surface area contributed by atoms with Gasteiger partial charge in [-0.25, -0.2) is 9.78 Å². The van der Waals surface area contributed by atoms with E-state index >= 15 is 0 Å². The van der Waals surface area contributed by atoms with Gasteiger partial charge in [-0.15, -0.1) is 0 Å². The molecule has 9 nitrogen and oxygen atoms in total. The topological polar surface area (TPSA) is 118 Å². The summed E-state index contributed by atoms with van der Waals surface area (Å²) in [5.74, 6) is -1.69. The first-order valence-electron chi connectivity index (χ1n) is 11.0. The summed E-state index contributed by atoms with van der Waals surface area (Å²) in [5.41, 5.74) is 4.87. The van der Waals surface area contributed by atoms with Crippen molar-refractivity contribution in [2.45, 2.75) is 12.8 Å². The highest BCUT2D eigenvalue weighted by atomic mass is 32.1. The molecular formula is C25H25N3O6S. The molecule has 182 valence electrons. The van der Waals surface area contributed by atoms with E-state index in [-0.39, 0.29) is 35.7 Å². The normalized spacial score (nSPS) is 12.1. The number of carboxylic acid groups (broad SMARTS) is 1. The highest BCUT2D eigenvalue weighted by Gasteiger charge is 2.29. The number of hydrogen-bond donors (Lipinski definition) is 2. The van der Waals surface area contributed by atoms with Crippen molar-refractivity contribution in [2.24, 2.45) is 0 Å². The van der Waals surface area contributed by atoms with Crippen LogP contribution in [0.1, 0.15) is 32.4 Å². The zero-order valence-electron chi connectivity index (χ0n) is 19.3. The van der Waals surface area contributed by atoms with E-state index < -0.39 is 24.5 Å². The SMILES string of the molecule is COCCN(CC(=O)O)C(=O)c1sc(NC(=O)OCC2c3ccccc3-c3ccccc32)nc1C. The van der Waals surface area contributed by atoms with Crippen LogP contribution in [-0.4, -0.2) is 66.4 Å². The van der Waals surface area contributed by atoms with E-state index in [4.69, 9.17) is 14.6 Å². The molecule has 10 heteroatoms. The average Bonchev–Trinajstić information content (AvgIpc) is 3.37. The molecule has 0 spiro atoms.